The minimum Gasteiger partial charge on any atom is -0.748 e. The van der Waals surface area contributed by atoms with Crippen molar-refractivity contribution in [1.29, 1.82) is 0 Å². The van der Waals surface area contributed by atoms with Crippen LogP contribution in [0.25, 0.3) is 0 Å². The van der Waals surface area contributed by atoms with Crippen molar-refractivity contribution in [3.05, 3.63) is 0 Å². The zero-order valence-electron chi connectivity index (χ0n) is 14.7. The van der Waals surface area contributed by atoms with Crippen LogP contribution in [0.3, 0.4) is 0 Å². The van der Waals surface area contributed by atoms with Gasteiger partial charge in [-0.25, -0.2) is 8.42 Å². The summed E-state index contributed by atoms with van der Waals surface area (Å²) in [6.07, 6.45) is 2.62. The molecule has 0 spiro atoms. The van der Waals surface area contributed by atoms with Crippen LogP contribution in [0.1, 0.15) is 53.9 Å². The van der Waals surface area contributed by atoms with Crippen molar-refractivity contribution in [1.82, 2.24) is 5.32 Å². The molecule has 0 amide bonds. The third kappa shape index (κ3) is 14.5. The minimum absolute atomic E-state index is 0.258. The fraction of sp³-hybridized carbons (Fsp3) is 1.00. The third-order valence-electron chi connectivity index (χ3n) is 4.14. The van der Waals surface area contributed by atoms with E-state index in [4.69, 9.17) is 0 Å². The Hall–Kier alpha value is -0.170. The molecule has 21 heavy (non-hydrogen) atoms. The molecule has 0 saturated carbocycles. The van der Waals surface area contributed by atoms with Crippen LogP contribution < -0.4 is 5.32 Å². The summed E-state index contributed by atoms with van der Waals surface area (Å²) in [6, 6.07) is 0. The highest BCUT2D eigenvalue weighted by atomic mass is 32.2. The second-order valence-electron chi connectivity index (χ2n) is 5.33. The first-order chi connectivity index (χ1) is 9.80. The Morgan fingerprint density at radius 2 is 1.29 bits per heavy atom. The highest BCUT2D eigenvalue weighted by Crippen LogP contribution is 2.03. The number of hydrogen-bond donors (Lipinski definition) is 1. The van der Waals surface area contributed by atoms with Crippen molar-refractivity contribution in [3.8, 4) is 0 Å². The van der Waals surface area contributed by atoms with E-state index in [-0.39, 0.29) is 5.75 Å². The average Bonchev–Trinajstić information content (AvgIpc) is 2.45. The summed E-state index contributed by atoms with van der Waals surface area (Å²) in [5.41, 5.74) is 0. The largest absolute Gasteiger partial charge is 0.748 e. The Morgan fingerprint density at radius 3 is 1.57 bits per heavy atom. The van der Waals surface area contributed by atoms with E-state index in [0.29, 0.717) is 13.0 Å². The Bertz CT molecular complexity index is 297. The molecule has 0 aliphatic carbocycles. The lowest BCUT2D eigenvalue weighted by atomic mass is 10.3. The van der Waals surface area contributed by atoms with E-state index in [1.54, 1.807) is 0 Å². The summed E-state index contributed by atoms with van der Waals surface area (Å²) in [5, 5.41) is 3.06. The van der Waals surface area contributed by atoms with Gasteiger partial charge in [0.15, 0.2) is 0 Å². The van der Waals surface area contributed by atoms with Crippen LogP contribution >= 0.6 is 0 Å². The highest BCUT2D eigenvalue weighted by molar-refractivity contribution is 7.85. The van der Waals surface area contributed by atoms with Crippen molar-refractivity contribution in [3.63, 3.8) is 0 Å². The van der Waals surface area contributed by atoms with E-state index in [1.807, 2.05) is 0 Å². The van der Waals surface area contributed by atoms with Crippen LogP contribution in [-0.2, 0) is 10.1 Å². The van der Waals surface area contributed by atoms with E-state index in [0.717, 1.165) is 19.4 Å². The number of quaternary nitrogens is 1. The molecule has 0 bridgehead atoms. The first-order valence-corrected chi connectivity index (χ1v) is 9.87. The number of unbranched alkanes of at least 4 members (excludes halogenated alkanes) is 1. The van der Waals surface area contributed by atoms with Crippen molar-refractivity contribution >= 4 is 10.1 Å². The molecule has 0 aliphatic heterocycles. The molecular formula is C15H36N2O3S. The van der Waals surface area contributed by atoms with E-state index in [9.17, 15) is 13.0 Å². The van der Waals surface area contributed by atoms with Crippen molar-refractivity contribution in [2.24, 2.45) is 0 Å². The van der Waals surface area contributed by atoms with Gasteiger partial charge in [-0.3, -0.25) is 0 Å². The van der Waals surface area contributed by atoms with Gasteiger partial charge in [-0.2, -0.15) is 0 Å². The molecule has 0 aliphatic rings. The zero-order valence-corrected chi connectivity index (χ0v) is 15.5. The second kappa shape index (κ2) is 13.5. The summed E-state index contributed by atoms with van der Waals surface area (Å²) in [6.45, 7) is 17.8. The van der Waals surface area contributed by atoms with Gasteiger partial charge in [-0.1, -0.05) is 13.3 Å². The first-order valence-electron chi connectivity index (χ1n) is 8.30. The maximum absolute atomic E-state index is 10.1. The van der Waals surface area contributed by atoms with Gasteiger partial charge in [0.25, 0.3) is 0 Å². The molecule has 0 radical (unpaired) electrons. The third-order valence-corrected chi connectivity index (χ3v) is 4.93. The Kier molecular flexibility index (Phi) is 14.8. The lowest BCUT2D eigenvalue weighted by Crippen LogP contribution is -2.47. The SMILES string of the molecule is CCCCNCCCS(=O)(=O)[O-].CC[N+](CC)(CC)CC. The van der Waals surface area contributed by atoms with Crippen molar-refractivity contribution in [2.75, 3.05) is 45.0 Å². The van der Waals surface area contributed by atoms with Gasteiger partial charge < -0.3 is 14.4 Å². The summed E-state index contributed by atoms with van der Waals surface area (Å²) in [7, 11) is -4.01. The predicted octanol–water partition coefficient (Wildman–Crippen LogP) is 2.19. The molecular weight excluding hydrogens is 288 g/mol. The second-order valence-corrected chi connectivity index (χ2v) is 6.85. The lowest BCUT2D eigenvalue weighted by Gasteiger charge is -2.34. The van der Waals surface area contributed by atoms with Gasteiger partial charge >= 0.3 is 0 Å². The van der Waals surface area contributed by atoms with Gasteiger partial charge in [-0.15, -0.1) is 0 Å². The number of hydrogen-bond acceptors (Lipinski definition) is 4. The maximum Gasteiger partial charge on any atom is 0.0946 e. The summed E-state index contributed by atoms with van der Waals surface area (Å²) in [4.78, 5) is 0. The topological polar surface area (TPSA) is 69.2 Å². The summed E-state index contributed by atoms with van der Waals surface area (Å²) < 4.78 is 31.7. The number of nitrogens with zero attached hydrogens (tertiary/aromatic N) is 1. The minimum atomic E-state index is -4.01. The molecule has 6 heteroatoms. The Labute approximate surface area is 132 Å². The van der Waals surface area contributed by atoms with Crippen molar-refractivity contribution < 1.29 is 17.5 Å². The molecule has 0 atom stereocenters. The lowest BCUT2D eigenvalue weighted by molar-refractivity contribution is -0.921. The molecule has 1 N–H and O–H groups in total. The molecule has 5 nitrogen and oxygen atoms in total. The fourth-order valence-corrected chi connectivity index (χ4v) is 2.64. The summed E-state index contributed by atoms with van der Waals surface area (Å²) in [5.74, 6) is -0.258. The Balaban J connectivity index is 0. The monoisotopic (exact) mass is 324 g/mol. The normalized spacial score (nSPS) is 11.9. The van der Waals surface area contributed by atoms with Gasteiger partial charge in [0.05, 0.1) is 36.3 Å². The average molecular weight is 325 g/mol. The van der Waals surface area contributed by atoms with Crippen LogP contribution in [0.4, 0.5) is 0 Å². The molecule has 0 fully saturated rings. The molecule has 0 saturated heterocycles. The molecule has 0 aromatic rings. The summed E-state index contributed by atoms with van der Waals surface area (Å²) >= 11 is 0. The number of rotatable bonds is 11. The van der Waals surface area contributed by atoms with Crippen LogP contribution in [0, 0.1) is 0 Å². The van der Waals surface area contributed by atoms with Gasteiger partial charge in [0.1, 0.15) is 0 Å². The Morgan fingerprint density at radius 1 is 0.857 bits per heavy atom. The van der Waals surface area contributed by atoms with E-state index >= 15 is 0 Å². The quantitative estimate of drug-likeness (QED) is 0.359. The molecule has 0 unspecified atom stereocenters. The maximum atomic E-state index is 10.1. The van der Waals surface area contributed by atoms with Gasteiger partial charge in [0, 0.05) is 5.75 Å². The molecule has 130 valence electrons. The molecule has 0 aromatic heterocycles. The van der Waals surface area contributed by atoms with Gasteiger partial charge in [-0.05, 0) is 53.6 Å². The van der Waals surface area contributed by atoms with Crippen LogP contribution in [0.5, 0.6) is 0 Å². The van der Waals surface area contributed by atoms with E-state index in [1.165, 1.54) is 30.7 Å². The highest BCUT2D eigenvalue weighted by Gasteiger charge is 2.16. The van der Waals surface area contributed by atoms with E-state index in [2.05, 4.69) is 39.9 Å². The predicted molar refractivity (Wildman–Crippen MR) is 89.4 cm³/mol. The zero-order chi connectivity index (χ0) is 16.8. The fourth-order valence-electron chi connectivity index (χ4n) is 2.14. The van der Waals surface area contributed by atoms with Crippen LogP contribution in [0.15, 0.2) is 0 Å². The van der Waals surface area contributed by atoms with Crippen LogP contribution in [-0.4, -0.2) is 62.5 Å². The molecule has 0 rings (SSSR count). The molecule has 0 aromatic carbocycles. The van der Waals surface area contributed by atoms with Gasteiger partial charge in [0.2, 0.25) is 0 Å². The number of nitrogens with one attached hydrogen (secondary N) is 1. The van der Waals surface area contributed by atoms with Crippen LogP contribution in [0.2, 0.25) is 0 Å². The van der Waals surface area contributed by atoms with Crippen molar-refractivity contribution in [2.45, 2.75) is 53.9 Å². The first kappa shape index (κ1) is 23.1. The smallest absolute Gasteiger partial charge is 0.0946 e. The standard InChI is InChI=1S/C8H20N.C7H17NO3S/c1-5-9(6-2,7-3)8-4;1-2-3-5-8-6-4-7-12(9,10)11/h5-8H2,1-4H3;8H,2-7H2,1H3,(H,9,10,11)/q+1;/p-1. The van der Waals surface area contributed by atoms with E-state index < -0.39 is 10.1 Å². The molecule has 0 heterocycles.